The lowest BCUT2D eigenvalue weighted by molar-refractivity contribution is -0.144. The van der Waals surface area contributed by atoms with Crippen LogP contribution in [0.5, 0.6) is 0 Å². The highest BCUT2D eigenvalue weighted by Gasteiger charge is 2.41. The van der Waals surface area contributed by atoms with Gasteiger partial charge in [-0.1, -0.05) is 78.3 Å². The highest BCUT2D eigenvalue weighted by Crippen LogP contribution is 2.22. The van der Waals surface area contributed by atoms with Crippen LogP contribution in [0.25, 0.3) is 0 Å². The number of thioether (sulfide) groups is 1. The number of nitrogens with one attached hydrogen (secondary N) is 7. The lowest BCUT2D eigenvalue weighted by atomic mass is 9.99. The molecule has 402 valence electrons. The molecule has 1 aliphatic heterocycles. The predicted octanol–water partition coefficient (Wildman–Crippen LogP) is -2.13. The van der Waals surface area contributed by atoms with Gasteiger partial charge in [-0.25, -0.2) is 4.79 Å². The van der Waals surface area contributed by atoms with E-state index in [0.29, 0.717) is 24.2 Å². The number of benzene rings is 1. The Morgan fingerprint density at radius 1 is 0.694 bits per heavy atom. The lowest BCUT2D eigenvalue weighted by Crippen LogP contribution is -2.61. The summed E-state index contributed by atoms with van der Waals surface area (Å²) in [6, 6.07) is -3.96. The van der Waals surface area contributed by atoms with Gasteiger partial charge in [0.2, 0.25) is 53.2 Å². The fourth-order valence-corrected chi connectivity index (χ4v) is 8.05. The number of carbonyl (C=O) groups is 11. The van der Waals surface area contributed by atoms with Crippen LogP contribution < -0.4 is 48.7 Å². The first-order valence-corrected chi connectivity index (χ1v) is 25.3. The Labute approximate surface area is 423 Å². The van der Waals surface area contributed by atoms with Crippen molar-refractivity contribution in [3.05, 3.63) is 35.9 Å². The van der Waals surface area contributed by atoms with Crippen LogP contribution in [0.2, 0.25) is 0 Å². The summed E-state index contributed by atoms with van der Waals surface area (Å²) in [5.74, 6) is -11.8. The second-order valence-electron chi connectivity index (χ2n) is 18.5. The topological polar surface area (TPSA) is 388 Å². The number of carboxylic acids is 2. The van der Waals surface area contributed by atoms with Crippen molar-refractivity contribution in [3.63, 3.8) is 0 Å². The number of aliphatic hydroxyl groups excluding tert-OH is 1. The van der Waals surface area contributed by atoms with Crippen LogP contribution in [-0.4, -0.2) is 165 Å². The van der Waals surface area contributed by atoms with Gasteiger partial charge in [-0.3, -0.25) is 47.9 Å². The average molecular weight is 1040 g/mol. The molecule has 0 aliphatic carbocycles. The molecule has 14 N–H and O–H groups in total. The lowest BCUT2D eigenvalue weighted by Gasteiger charge is -2.32. The van der Waals surface area contributed by atoms with Gasteiger partial charge < -0.3 is 68.9 Å². The first-order chi connectivity index (χ1) is 33.9. The minimum atomic E-state index is -1.80. The van der Waals surface area contributed by atoms with E-state index < -0.39 is 157 Å². The van der Waals surface area contributed by atoms with E-state index in [4.69, 9.17) is 11.5 Å². The summed E-state index contributed by atoms with van der Waals surface area (Å²) in [7, 11) is 0. The first kappa shape index (κ1) is 61.8. The Hall–Kier alpha value is -6.34. The van der Waals surface area contributed by atoms with E-state index in [1.54, 1.807) is 71.2 Å². The summed E-state index contributed by atoms with van der Waals surface area (Å²) in [5.41, 5.74) is 12.1. The molecule has 0 saturated carbocycles. The van der Waals surface area contributed by atoms with Gasteiger partial charge in [0, 0.05) is 19.4 Å². The molecule has 72 heavy (non-hydrogen) atoms. The first-order valence-electron chi connectivity index (χ1n) is 23.9. The van der Waals surface area contributed by atoms with Crippen molar-refractivity contribution >= 4 is 76.9 Å². The third-order valence-electron chi connectivity index (χ3n) is 12.2. The smallest absolute Gasteiger partial charge is 0.326 e. The van der Waals surface area contributed by atoms with Gasteiger partial charge in [-0.2, -0.15) is 11.8 Å². The molecule has 1 saturated heterocycles. The van der Waals surface area contributed by atoms with Gasteiger partial charge in [0.25, 0.3) is 0 Å². The van der Waals surface area contributed by atoms with Crippen molar-refractivity contribution in [3.8, 4) is 0 Å². The van der Waals surface area contributed by atoms with Crippen molar-refractivity contribution in [2.45, 2.75) is 147 Å². The second-order valence-corrected chi connectivity index (χ2v) is 19.4. The van der Waals surface area contributed by atoms with Gasteiger partial charge >= 0.3 is 11.9 Å². The number of likely N-dealkylation sites (tertiary alicyclic amines) is 1. The SMILES string of the molecule is CC[C@H](C)[C@H](N)C(=O)N[C@@H](CCSC)C(=O)N[C@@H](CC(=O)O)C(=O)N[C@@H](CCC(N)=O)C(=O)N[C@H](C(=O)N1CCC[C@@H]1C(=O)N[C@@H](Cc1ccccc1)C(=O)N[C@@H](CO)C(=O)N[C@H](C(=O)O)C(C)C)C(C)C. The van der Waals surface area contributed by atoms with Gasteiger partial charge in [-0.15, -0.1) is 0 Å². The molecule has 0 bridgehead atoms. The quantitative estimate of drug-likeness (QED) is 0.0378. The summed E-state index contributed by atoms with van der Waals surface area (Å²) in [4.78, 5) is 147. The molecule has 24 nitrogen and oxygen atoms in total. The number of aliphatic hydroxyl groups is 1. The molecule has 0 aromatic heterocycles. The molecule has 0 radical (unpaired) electrons. The Kier molecular flexibility index (Phi) is 26.2. The molecule has 10 atom stereocenters. The number of nitrogens with two attached hydrogens (primary N) is 2. The highest BCUT2D eigenvalue weighted by molar-refractivity contribution is 7.98. The van der Waals surface area contributed by atoms with Gasteiger partial charge in [0.15, 0.2) is 0 Å². The van der Waals surface area contributed by atoms with Gasteiger partial charge in [0.1, 0.15) is 48.3 Å². The minimum Gasteiger partial charge on any atom is -0.481 e. The Balaban J connectivity index is 2.38. The van der Waals surface area contributed by atoms with Crippen molar-refractivity contribution in [1.29, 1.82) is 0 Å². The number of carboxylic acid groups (broad SMARTS) is 2. The number of hydrogen-bond donors (Lipinski definition) is 12. The summed E-state index contributed by atoms with van der Waals surface area (Å²) < 4.78 is 0. The Bertz CT molecular complexity index is 2060. The van der Waals surface area contributed by atoms with E-state index in [1.165, 1.54) is 16.7 Å². The molecule has 1 fully saturated rings. The Morgan fingerprint density at radius 3 is 1.75 bits per heavy atom. The van der Waals surface area contributed by atoms with Gasteiger partial charge in [0.05, 0.1) is 19.1 Å². The van der Waals surface area contributed by atoms with Crippen LogP contribution in [0.1, 0.15) is 92.1 Å². The molecular weight excluding hydrogens is 961 g/mol. The van der Waals surface area contributed by atoms with E-state index in [9.17, 15) is 68.1 Å². The number of carbonyl (C=O) groups excluding carboxylic acids is 9. The number of nitrogens with zero attached hydrogens (tertiary/aromatic N) is 1. The standard InChI is InChI=1S/C47H74N10O14S/c1-8-26(6)36(49)45(68)51-29(18-20-72-7)39(62)52-31(22-35(60)61)42(65)50-28(16-17-34(48)59)40(63)55-37(24(2)3)46(69)57-19-12-15-33(57)44(67)53-30(21-27-13-10-9-11-14-27)41(64)54-32(23-58)43(66)56-38(25(4)5)47(70)71/h9-11,13-14,24-26,28-33,36-38,58H,8,12,15-23,49H2,1-7H3,(H2,48,59)(H,50,65)(H,51,68)(H,52,62)(H,53,67)(H,54,64)(H,55,63)(H,56,66)(H,60,61)(H,70,71)/t26-,28-,29-,30-,31-,32-,33+,36-,37-,38-/m0/s1. The van der Waals surface area contributed by atoms with Crippen molar-refractivity contribution in [2.24, 2.45) is 29.2 Å². The minimum absolute atomic E-state index is 0.0409. The summed E-state index contributed by atoms with van der Waals surface area (Å²) in [6.45, 7) is 9.03. The zero-order chi connectivity index (χ0) is 54.4. The van der Waals surface area contributed by atoms with E-state index >= 15 is 0 Å². The maximum Gasteiger partial charge on any atom is 0.326 e. The third-order valence-corrected chi connectivity index (χ3v) is 12.8. The number of amides is 9. The van der Waals surface area contributed by atoms with E-state index in [1.807, 2.05) is 6.92 Å². The number of primary amides is 1. The number of hydrogen-bond acceptors (Lipinski definition) is 14. The summed E-state index contributed by atoms with van der Waals surface area (Å²) >= 11 is 1.36. The van der Waals surface area contributed by atoms with Crippen LogP contribution in [-0.2, 0) is 59.2 Å². The van der Waals surface area contributed by atoms with Crippen molar-refractivity contribution in [2.75, 3.05) is 25.2 Å². The predicted molar refractivity (Wildman–Crippen MR) is 264 cm³/mol. The van der Waals surface area contributed by atoms with Crippen LogP contribution in [0.4, 0.5) is 0 Å². The third kappa shape index (κ3) is 19.7. The van der Waals surface area contributed by atoms with Gasteiger partial charge in [-0.05, 0) is 61.0 Å². The van der Waals surface area contributed by atoms with Crippen LogP contribution in [0.3, 0.4) is 0 Å². The van der Waals surface area contributed by atoms with Crippen LogP contribution in [0, 0.1) is 17.8 Å². The van der Waals surface area contributed by atoms with E-state index in [0.717, 1.165) is 0 Å². The molecule has 1 heterocycles. The molecular formula is C47H74N10O14S. The fourth-order valence-electron chi connectivity index (χ4n) is 7.58. The monoisotopic (exact) mass is 1030 g/mol. The zero-order valence-corrected chi connectivity index (χ0v) is 42.8. The van der Waals surface area contributed by atoms with Crippen LogP contribution in [0.15, 0.2) is 30.3 Å². The maximum absolute atomic E-state index is 14.4. The van der Waals surface area contributed by atoms with E-state index in [-0.39, 0.29) is 31.7 Å². The van der Waals surface area contributed by atoms with Crippen LogP contribution >= 0.6 is 11.8 Å². The number of aliphatic carboxylic acids is 2. The number of rotatable bonds is 31. The van der Waals surface area contributed by atoms with Crippen molar-refractivity contribution in [1.82, 2.24) is 42.1 Å². The van der Waals surface area contributed by atoms with E-state index in [2.05, 4.69) is 37.2 Å². The molecule has 2 rings (SSSR count). The van der Waals surface area contributed by atoms with Crippen molar-refractivity contribution < 1.29 is 68.1 Å². The summed E-state index contributed by atoms with van der Waals surface area (Å²) in [5, 5.41) is 46.6. The fraction of sp³-hybridized carbons (Fsp3) is 0.638. The summed E-state index contributed by atoms with van der Waals surface area (Å²) in [6.07, 6.45) is 0.939. The molecule has 1 aliphatic rings. The normalized spacial score (nSPS) is 17.1. The average Bonchev–Trinajstić information content (AvgIpc) is 3.83. The molecule has 1 aromatic rings. The Morgan fingerprint density at radius 2 is 1.21 bits per heavy atom. The molecule has 9 amide bonds. The zero-order valence-electron chi connectivity index (χ0n) is 41.9. The second kappa shape index (κ2) is 30.5. The molecule has 1 aromatic carbocycles. The maximum atomic E-state index is 14.4. The molecule has 0 spiro atoms. The molecule has 25 heteroatoms. The largest absolute Gasteiger partial charge is 0.481 e. The highest BCUT2D eigenvalue weighted by atomic mass is 32.2. The molecule has 0 unspecified atom stereocenters.